The number of anilines is 1. The molecule has 0 heterocycles. The van der Waals surface area contributed by atoms with Crippen molar-refractivity contribution in [1.82, 2.24) is 10.2 Å². The molecule has 9 heteroatoms. The molecule has 220 valence electrons. The Labute approximate surface area is 244 Å². The second-order valence-electron chi connectivity index (χ2n) is 11.5. The molecular weight excluding hydrogens is 538 g/mol. The van der Waals surface area contributed by atoms with E-state index in [0.29, 0.717) is 11.4 Å². The van der Waals surface area contributed by atoms with Gasteiger partial charge in [-0.3, -0.25) is 13.9 Å². The van der Waals surface area contributed by atoms with E-state index in [0.717, 1.165) is 26.6 Å². The van der Waals surface area contributed by atoms with Crippen molar-refractivity contribution >= 4 is 27.5 Å². The first-order valence-electron chi connectivity index (χ1n) is 13.5. The predicted octanol–water partition coefficient (Wildman–Crippen LogP) is 5.15. The van der Waals surface area contributed by atoms with Gasteiger partial charge in [0, 0.05) is 12.1 Å². The monoisotopic (exact) mass is 579 g/mol. The van der Waals surface area contributed by atoms with Gasteiger partial charge in [0.1, 0.15) is 18.3 Å². The smallest absolute Gasteiger partial charge is 0.264 e. The lowest BCUT2D eigenvalue weighted by Crippen LogP contribution is -2.54. The Balaban J connectivity index is 2.08. The average Bonchev–Trinajstić information content (AvgIpc) is 2.88. The summed E-state index contributed by atoms with van der Waals surface area (Å²) in [7, 11) is -2.57. The average molecular weight is 580 g/mol. The molecule has 0 aromatic heterocycles. The lowest BCUT2D eigenvalue weighted by molar-refractivity contribution is -0.140. The van der Waals surface area contributed by atoms with Gasteiger partial charge in [0.2, 0.25) is 11.8 Å². The first-order valence-corrected chi connectivity index (χ1v) is 15.0. The molecule has 1 N–H and O–H groups in total. The summed E-state index contributed by atoms with van der Waals surface area (Å²) in [4.78, 5) is 28.8. The van der Waals surface area contributed by atoms with Crippen molar-refractivity contribution in [3.8, 4) is 5.75 Å². The molecule has 0 saturated carbocycles. The van der Waals surface area contributed by atoms with E-state index in [4.69, 9.17) is 4.74 Å². The maximum Gasteiger partial charge on any atom is 0.264 e. The van der Waals surface area contributed by atoms with Gasteiger partial charge < -0.3 is 15.0 Å². The van der Waals surface area contributed by atoms with E-state index in [2.05, 4.69) is 5.32 Å². The number of amides is 2. The Morgan fingerprint density at radius 2 is 1.51 bits per heavy atom. The number of carbonyl (C=O) groups is 2. The number of methoxy groups -OCH3 is 1. The molecule has 0 radical (unpaired) electrons. The van der Waals surface area contributed by atoms with E-state index in [1.807, 2.05) is 53.7 Å². The van der Waals surface area contributed by atoms with E-state index < -0.39 is 34.1 Å². The Morgan fingerprint density at radius 3 is 2.07 bits per heavy atom. The molecule has 3 aromatic carbocycles. The van der Waals surface area contributed by atoms with Gasteiger partial charge in [0.05, 0.1) is 17.7 Å². The fourth-order valence-electron chi connectivity index (χ4n) is 4.49. The molecule has 41 heavy (non-hydrogen) atoms. The lowest BCUT2D eigenvalue weighted by atomic mass is 10.1. The molecule has 0 saturated heterocycles. The van der Waals surface area contributed by atoms with Gasteiger partial charge in [-0.1, -0.05) is 35.9 Å². The van der Waals surface area contributed by atoms with Gasteiger partial charge in [0.25, 0.3) is 10.0 Å². The fourth-order valence-corrected chi connectivity index (χ4v) is 5.88. The third-order valence-corrected chi connectivity index (χ3v) is 8.32. The number of aryl methyl sites for hydroxylation is 3. The molecule has 0 fully saturated rings. The zero-order chi connectivity index (χ0) is 30.5. The Morgan fingerprint density at radius 1 is 0.902 bits per heavy atom. The maximum absolute atomic E-state index is 14.1. The third-order valence-electron chi connectivity index (χ3n) is 6.53. The first-order chi connectivity index (χ1) is 19.1. The molecule has 2 amide bonds. The van der Waals surface area contributed by atoms with Crippen LogP contribution in [-0.4, -0.2) is 50.4 Å². The summed E-state index contributed by atoms with van der Waals surface area (Å²) < 4.78 is 34.5. The van der Waals surface area contributed by atoms with Gasteiger partial charge in [0.15, 0.2) is 0 Å². The molecule has 0 unspecified atom stereocenters. The SMILES string of the molecule is COc1cccc(CN(C(=O)CN(c2cc(C)cc(C)c2)S(=O)(=O)c2ccc(C)cc2)[C@H](C)C(=O)NC(C)(C)C)c1. The first kappa shape index (κ1) is 31.7. The van der Waals surface area contributed by atoms with Crippen molar-refractivity contribution in [3.05, 3.63) is 89.0 Å². The highest BCUT2D eigenvalue weighted by Gasteiger charge is 2.33. The van der Waals surface area contributed by atoms with Crippen LogP contribution in [0.4, 0.5) is 5.69 Å². The van der Waals surface area contributed by atoms with Crippen LogP contribution in [-0.2, 0) is 26.2 Å². The van der Waals surface area contributed by atoms with Gasteiger partial charge in [-0.25, -0.2) is 8.42 Å². The lowest BCUT2D eigenvalue weighted by Gasteiger charge is -2.33. The number of rotatable bonds is 10. The van der Waals surface area contributed by atoms with Crippen LogP contribution in [0.15, 0.2) is 71.6 Å². The van der Waals surface area contributed by atoms with Crippen LogP contribution in [0.25, 0.3) is 0 Å². The molecule has 3 aromatic rings. The normalized spacial score (nSPS) is 12.4. The predicted molar refractivity (Wildman–Crippen MR) is 163 cm³/mol. The summed E-state index contributed by atoms with van der Waals surface area (Å²) in [6.07, 6.45) is 0. The maximum atomic E-state index is 14.1. The number of sulfonamides is 1. The topological polar surface area (TPSA) is 96.0 Å². The Bertz CT molecular complexity index is 1470. The molecule has 0 aliphatic rings. The minimum atomic E-state index is -4.13. The molecular formula is C32H41N3O5S. The molecule has 8 nitrogen and oxygen atoms in total. The number of hydrogen-bond acceptors (Lipinski definition) is 5. The van der Waals surface area contributed by atoms with Crippen LogP contribution in [0, 0.1) is 20.8 Å². The summed E-state index contributed by atoms with van der Waals surface area (Å²) in [5.41, 5.74) is 3.25. The Kier molecular flexibility index (Phi) is 9.86. The number of benzene rings is 3. The van der Waals surface area contributed by atoms with E-state index in [9.17, 15) is 18.0 Å². The van der Waals surface area contributed by atoms with Crippen molar-refractivity contribution in [3.63, 3.8) is 0 Å². The van der Waals surface area contributed by atoms with E-state index in [-0.39, 0.29) is 17.3 Å². The molecule has 0 aliphatic heterocycles. The number of ether oxygens (including phenoxy) is 1. The van der Waals surface area contributed by atoms with Crippen molar-refractivity contribution in [1.29, 1.82) is 0 Å². The van der Waals surface area contributed by atoms with E-state index in [1.54, 1.807) is 56.5 Å². The molecule has 0 bridgehead atoms. The van der Waals surface area contributed by atoms with E-state index >= 15 is 0 Å². The standard InChI is InChI=1S/C32H41N3O5S/c1-22-12-14-29(15-13-22)41(38,39)35(27-17-23(2)16-24(3)18-27)21-30(36)34(25(4)31(37)33-32(5,6)7)20-26-10-9-11-28(19-26)40-8/h9-19,25H,20-21H2,1-8H3,(H,33,37)/t25-/m1/s1. The van der Waals surface area contributed by atoms with Crippen LogP contribution in [0.5, 0.6) is 5.75 Å². The van der Waals surface area contributed by atoms with Crippen molar-refractivity contribution in [2.24, 2.45) is 0 Å². The van der Waals surface area contributed by atoms with Gasteiger partial charge in [-0.15, -0.1) is 0 Å². The zero-order valence-electron chi connectivity index (χ0n) is 25.2. The Hall–Kier alpha value is -3.85. The number of hydrogen-bond donors (Lipinski definition) is 1. The third kappa shape index (κ3) is 8.33. The molecule has 0 aliphatic carbocycles. The fraction of sp³-hybridized carbons (Fsp3) is 0.375. The van der Waals surface area contributed by atoms with Crippen LogP contribution >= 0.6 is 0 Å². The number of nitrogens with one attached hydrogen (secondary N) is 1. The highest BCUT2D eigenvalue weighted by molar-refractivity contribution is 7.92. The van der Waals surface area contributed by atoms with Crippen molar-refractivity contribution < 1.29 is 22.7 Å². The van der Waals surface area contributed by atoms with Crippen LogP contribution < -0.4 is 14.4 Å². The number of nitrogens with zero attached hydrogens (tertiary/aromatic N) is 2. The van der Waals surface area contributed by atoms with E-state index in [1.165, 1.54) is 17.0 Å². The van der Waals surface area contributed by atoms with Crippen molar-refractivity contribution in [2.75, 3.05) is 18.0 Å². The highest BCUT2D eigenvalue weighted by Crippen LogP contribution is 2.27. The van der Waals surface area contributed by atoms with Gasteiger partial charge >= 0.3 is 0 Å². The quantitative estimate of drug-likeness (QED) is 0.359. The summed E-state index contributed by atoms with van der Waals surface area (Å²) in [6.45, 7) is 12.5. The minimum absolute atomic E-state index is 0.0768. The van der Waals surface area contributed by atoms with Gasteiger partial charge in [-0.05, 0) is 102 Å². The minimum Gasteiger partial charge on any atom is -0.497 e. The summed E-state index contributed by atoms with van der Waals surface area (Å²) in [5, 5.41) is 2.93. The van der Waals surface area contributed by atoms with Crippen LogP contribution in [0.2, 0.25) is 0 Å². The van der Waals surface area contributed by atoms with Crippen LogP contribution in [0.3, 0.4) is 0 Å². The summed E-state index contributed by atoms with van der Waals surface area (Å²) >= 11 is 0. The van der Waals surface area contributed by atoms with Gasteiger partial charge in [-0.2, -0.15) is 0 Å². The second-order valence-corrected chi connectivity index (χ2v) is 13.3. The molecule has 0 spiro atoms. The van der Waals surface area contributed by atoms with Crippen molar-refractivity contribution in [2.45, 2.75) is 71.5 Å². The highest BCUT2D eigenvalue weighted by atomic mass is 32.2. The van der Waals surface area contributed by atoms with Crippen LogP contribution in [0.1, 0.15) is 49.9 Å². The zero-order valence-corrected chi connectivity index (χ0v) is 26.0. The molecule has 1 atom stereocenters. The molecule has 3 rings (SSSR count). The summed E-state index contributed by atoms with van der Waals surface area (Å²) in [6, 6.07) is 18.3. The second kappa shape index (κ2) is 12.8. The largest absolute Gasteiger partial charge is 0.497 e. The summed E-state index contributed by atoms with van der Waals surface area (Å²) in [5.74, 6) is -0.243. The number of carbonyl (C=O) groups excluding carboxylic acids is 2.